The first-order chi connectivity index (χ1) is 7.88. The molecule has 0 fully saturated rings. The largest absolute Gasteiger partial charge is 0.478 e. The summed E-state index contributed by atoms with van der Waals surface area (Å²) in [6, 6.07) is 2.14. The molecule has 1 rings (SSSR count). The van der Waals surface area contributed by atoms with E-state index >= 15 is 0 Å². The number of carboxylic acid groups (broad SMARTS) is 1. The molecule has 94 valence electrons. The molecule has 0 aliphatic carbocycles. The van der Waals surface area contributed by atoms with E-state index in [0.717, 1.165) is 17.8 Å². The fraction of sp³-hybridized carbons (Fsp3) is 0.538. The highest BCUT2D eigenvalue weighted by atomic mass is 16.4. The van der Waals surface area contributed by atoms with Crippen LogP contribution < -0.4 is 4.90 Å². The van der Waals surface area contributed by atoms with E-state index in [1.807, 2.05) is 24.9 Å². The highest BCUT2D eigenvalue weighted by molar-refractivity contribution is 5.95. The molecule has 0 radical (unpaired) electrons. The van der Waals surface area contributed by atoms with Crippen LogP contribution in [0.4, 0.5) is 5.69 Å². The van der Waals surface area contributed by atoms with Crippen LogP contribution in [0.2, 0.25) is 0 Å². The standard InChI is InChI=1S/C13H20N2O2/c1-6-9(3)15(5)11-7-8(2)14-10(4)12(11)13(16)17/h7,9H,6H2,1-5H3,(H,16,17). The lowest BCUT2D eigenvalue weighted by molar-refractivity contribution is 0.0696. The number of pyridine rings is 1. The lowest BCUT2D eigenvalue weighted by atomic mass is 10.1. The van der Waals surface area contributed by atoms with Gasteiger partial charge in [-0.25, -0.2) is 4.79 Å². The Balaban J connectivity index is 3.35. The predicted octanol–water partition coefficient (Wildman–Crippen LogP) is 2.63. The summed E-state index contributed by atoms with van der Waals surface area (Å²) in [5, 5.41) is 9.27. The van der Waals surface area contributed by atoms with Gasteiger partial charge in [0.1, 0.15) is 5.56 Å². The molecule has 1 atom stereocenters. The number of aromatic carboxylic acids is 1. The third-order valence-corrected chi connectivity index (χ3v) is 3.15. The summed E-state index contributed by atoms with van der Waals surface area (Å²) in [5.41, 5.74) is 2.47. The first-order valence-electron chi connectivity index (χ1n) is 5.82. The first-order valence-corrected chi connectivity index (χ1v) is 5.82. The second-order valence-corrected chi connectivity index (χ2v) is 4.42. The average molecular weight is 236 g/mol. The van der Waals surface area contributed by atoms with Gasteiger partial charge in [-0.1, -0.05) is 6.92 Å². The maximum Gasteiger partial charge on any atom is 0.339 e. The Kier molecular flexibility index (Phi) is 4.10. The molecule has 0 saturated carbocycles. The van der Waals surface area contributed by atoms with Crippen LogP contribution in [0.1, 0.15) is 42.0 Å². The minimum absolute atomic E-state index is 0.300. The Labute approximate surface area is 102 Å². The molecule has 4 nitrogen and oxygen atoms in total. The molecule has 1 aromatic heterocycles. The topological polar surface area (TPSA) is 53.4 Å². The van der Waals surface area contributed by atoms with Gasteiger partial charge in [-0.3, -0.25) is 4.98 Å². The van der Waals surface area contributed by atoms with Gasteiger partial charge < -0.3 is 10.0 Å². The van der Waals surface area contributed by atoms with Gasteiger partial charge in [0.2, 0.25) is 0 Å². The molecule has 1 aromatic rings. The highest BCUT2D eigenvalue weighted by Crippen LogP contribution is 2.25. The minimum atomic E-state index is -0.917. The summed E-state index contributed by atoms with van der Waals surface area (Å²) in [4.78, 5) is 17.5. The molecule has 0 bridgehead atoms. The summed E-state index contributed by atoms with van der Waals surface area (Å²) in [6.45, 7) is 7.79. The molecule has 1 unspecified atom stereocenters. The Morgan fingerprint density at radius 3 is 2.59 bits per heavy atom. The number of hydrogen-bond donors (Lipinski definition) is 1. The maximum absolute atomic E-state index is 11.3. The fourth-order valence-electron chi connectivity index (χ4n) is 1.86. The molecule has 17 heavy (non-hydrogen) atoms. The number of rotatable bonds is 4. The third-order valence-electron chi connectivity index (χ3n) is 3.15. The number of hydrogen-bond acceptors (Lipinski definition) is 3. The predicted molar refractivity (Wildman–Crippen MR) is 68.8 cm³/mol. The zero-order valence-corrected chi connectivity index (χ0v) is 11.1. The van der Waals surface area contributed by atoms with Crippen molar-refractivity contribution in [2.75, 3.05) is 11.9 Å². The molecule has 1 heterocycles. The van der Waals surface area contributed by atoms with Crippen molar-refractivity contribution in [3.05, 3.63) is 23.0 Å². The van der Waals surface area contributed by atoms with Crippen LogP contribution in [0, 0.1) is 13.8 Å². The van der Waals surface area contributed by atoms with Gasteiger partial charge in [0, 0.05) is 18.8 Å². The van der Waals surface area contributed by atoms with E-state index in [0.29, 0.717) is 17.3 Å². The summed E-state index contributed by atoms with van der Waals surface area (Å²) >= 11 is 0. The van der Waals surface area contributed by atoms with Crippen LogP contribution in [-0.4, -0.2) is 29.1 Å². The number of aryl methyl sites for hydroxylation is 2. The minimum Gasteiger partial charge on any atom is -0.478 e. The van der Waals surface area contributed by atoms with Crippen LogP contribution in [0.25, 0.3) is 0 Å². The van der Waals surface area contributed by atoms with Crippen molar-refractivity contribution in [3.63, 3.8) is 0 Å². The number of aromatic nitrogens is 1. The maximum atomic E-state index is 11.3. The molecule has 0 amide bonds. The average Bonchev–Trinajstić information content (AvgIpc) is 2.25. The van der Waals surface area contributed by atoms with Crippen molar-refractivity contribution in [2.24, 2.45) is 0 Å². The van der Waals surface area contributed by atoms with E-state index in [-0.39, 0.29) is 0 Å². The fourth-order valence-corrected chi connectivity index (χ4v) is 1.86. The lowest BCUT2D eigenvalue weighted by Gasteiger charge is -2.28. The summed E-state index contributed by atoms with van der Waals surface area (Å²) in [5.74, 6) is -0.917. The van der Waals surface area contributed by atoms with Gasteiger partial charge in [0.15, 0.2) is 0 Å². The van der Waals surface area contributed by atoms with Gasteiger partial charge in [0.05, 0.1) is 11.4 Å². The van der Waals surface area contributed by atoms with Gasteiger partial charge in [-0.05, 0) is 33.3 Å². The van der Waals surface area contributed by atoms with Crippen molar-refractivity contribution >= 4 is 11.7 Å². The lowest BCUT2D eigenvalue weighted by Crippen LogP contribution is -2.30. The van der Waals surface area contributed by atoms with Crippen LogP contribution in [0.5, 0.6) is 0 Å². The van der Waals surface area contributed by atoms with Crippen LogP contribution in [0.3, 0.4) is 0 Å². The Bertz CT molecular complexity index is 430. The van der Waals surface area contributed by atoms with E-state index in [2.05, 4.69) is 18.8 Å². The molecule has 0 saturated heterocycles. The monoisotopic (exact) mass is 236 g/mol. The SMILES string of the molecule is CCC(C)N(C)c1cc(C)nc(C)c1C(=O)O. The van der Waals surface area contributed by atoms with E-state index < -0.39 is 5.97 Å². The zero-order chi connectivity index (χ0) is 13.2. The van der Waals surface area contributed by atoms with Crippen molar-refractivity contribution < 1.29 is 9.90 Å². The Morgan fingerprint density at radius 1 is 1.53 bits per heavy atom. The quantitative estimate of drug-likeness (QED) is 0.873. The Morgan fingerprint density at radius 2 is 2.12 bits per heavy atom. The molecule has 0 aliphatic heterocycles. The van der Waals surface area contributed by atoms with Gasteiger partial charge in [0.25, 0.3) is 0 Å². The molecule has 1 N–H and O–H groups in total. The van der Waals surface area contributed by atoms with Gasteiger partial charge >= 0.3 is 5.97 Å². The molecule has 0 spiro atoms. The number of nitrogens with zero attached hydrogens (tertiary/aromatic N) is 2. The van der Waals surface area contributed by atoms with E-state index in [1.165, 1.54) is 0 Å². The zero-order valence-electron chi connectivity index (χ0n) is 11.1. The smallest absolute Gasteiger partial charge is 0.339 e. The third kappa shape index (κ3) is 2.75. The molecular formula is C13H20N2O2. The van der Waals surface area contributed by atoms with Crippen LogP contribution in [-0.2, 0) is 0 Å². The number of carboxylic acids is 1. The second kappa shape index (κ2) is 5.17. The van der Waals surface area contributed by atoms with Crippen LogP contribution in [0.15, 0.2) is 6.07 Å². The van der Waals surface area contributed by atoms with Crippen molar-refractivity contribution in [2.45, 2.75) is 40.2 Å². The summed E-state index contributed by atoms with van der Waals surface area (Å²) in [6.07, 6.45) is 0.968. The molecule has 0 aliphatic rings. The Hall–Kier alpha value is -1.58. The number of carbonyl (C=O) groups is 1. The molecule has 0 aromatic carbocycles. The van der Waals surface area contributed by atoms with E-state index in [4.69, 9.17) is 0 Å². The van der Waals surface area contributed by atoms with E-state index in [1.54, 1.807) is 6.92 Å². The van der Waals surface area contributed by atoms with Crippen molar-refractivity contribution in [1.29, 1.82) is 0 Å². The van der Waals surface area contributed by atoms with Gasteiger partial charge in [-0.15, -0.1) is 0 Å². The summed E-state index contributed by atoms with van der Waals surface area (Å²) in [7, 11) is 1.93. The number of anilines is 1. The normalized spacial score (nSPS) is 12.3. The van der Waals surface area contributed by atoms with Crippen molar-refractivity contribution in [3.8, 4) is 0 Å². The first kappa shape index (κ1) is 13.5. The second-order valence-electron chi connectivity index (χ2n) is 4.42. The molecule has 4 heteroatoms. The van der Waals surface area contributed by atoms with Crippen LogP contribution >= 0.6 is 0 Å². The molecular weight excluding hydrogens is 216 g/mol. The van der Waals surface area contributed by atoms with Crippen molar-refractivity contribution in [1.82, 2.24) is 4.98 Å². The summed E-state index contributed by atoms with van der Waals surface area (Å²) < 4.78 is 0. The van der Waals surface area contributed by atoms with Gasteiger partial charge in [-0.2, -0.15) is 0 Å². The van der Waals surface area contributed by atoms with E-state index in [9.17, 15) is 9.90 Å². The highest BCUT2D eigenvalue weighted by Gasteiger charge is 2.20.